The highest BCUT2D eigenvalue weighted by molar-refractivity contribution is 4.79. The number of hydrogen-bond acceptors (Lipinski definition) is 5. The van der Waals surface area contributed by atoms with E-state index in [4.69, 9.17) is 20.8 Å². The number of aliphatic hydroxyl groups excluding tert-OH is 2. The Kier molecular flexibility index (Phi) is 3.22. The monoisotopic (exact) mass is 162 g/mol. The van der Waals surface area contributed by atoms with Gasteiger partial charge in [-0.1, -0.05) is 0 Å². The summed E-state index contributed by atoms with van der Waals surface area (Å²) in [6, 6.07) is -0.103. The van der Waals surface area contributed by atoms with E-state index in [0.717, 1.165) is 0 Å². The third-order valence-corrected chi connectivity index (χ3v) is 1.79. The molecule has 0 aromatic carbocycles. The summed E-state index contributed by atoms with van der Waals surface area (Å²) in [4.78, 5) is 4.97. The molecule has 4 N–H and O–H groups in total. The van der Waals surface area contributed by atoms with Crippen LogP contribution in [0.15, 0.2) is 0 Å². The number of nitrogens with two attached hydrogens (primary N) is 1. The Labute approximate surface area is 65.3 Å². The molecule has 1 rings (SSSR count). The topological polar surface area (TPSA) is 79.0 Å². The molecule has 2 atom stereocenters. The van der Waals surface area contributed by atoms with Crippen molar-refractivity contribution in [3.8, 4) is 0 Å². The summed E-state index contributed by atoms with van der Waals surface area (Å²) in [5.74, 6) is 0. The van der Waals surface area contributed by atoms with Gasteiger partial charge in [-0.3, -0.25) is 4.84 Å². The summed E-state index contributed by atoms with van der Waals surface area (Å²) in [5.41, 5.74) is 5.14. The summed E-state index contributed by atoms with van der Waals surface area (Å²) >= 11 is 0. The fourth-order valence-electron chi connectivity index (χ4n) is 1.28. The van der Waals surface area contributed by atoms with E-state index < -0.39 is 6.10 Å². The highest BCUT2D eigenvalue weighted by atomic mass is 16.7. The highest BCUT2D eigenvalue weighted by Crippen LogP contribution is 2.16. The van der Waals surface area contributed by atoms with Gasteiger partial charge in [-0.25, -0.2) is 0 Å². The largest absolute Gasteiger partial charge is 0.395 e. The Morgan fingerprint density at radius 1 is 1.64 bits per heavy atom. The predicted molar refractivity (Wildman–Crippen MR) is 38.3 cm³/mol. The van der Waals surface area contributed by atoms with Crippen LogP contribution < -0.4 is 5.73 Å². The Bertz CT molecular complexity index is 122. The molecule has 0 aromatic heterocycles. The number of β-amino-alcohol motifs (C(OH)–C–C–N with tert-alkyl or cyclic N) is 1. The summed E-state index contributed by atoms with van der Waals surface area (Å²) in [6.45, 7) is 0.517. The lowest BCUT2D eigenvalue weighted by atomic mass is 10.2. The summed E-state index contributed by atoms with van der Waals surface area (Å²) in [5, 5.41) is 19.5. The Hall–Kier alpha value is -0.200. The van der Waals surface area contributed by atoms with Crippen molar-refractivity contribution in [2.24, 2.45) is 5.73 Å². The molecule has 1 aliphatic heterocycles. The van der Waals surface area contributed by atoms with Gasteiger partial charge in [0.25, 0.3) is 0 Å². The van der Waals surface area contributed by atoms with E-state index in [1.54, 1.807) is 0 Å². The highest BCUT2D eigenvalue weighted by Gasteiger charge is 2.30. The Morgan fingerprint density at radius 2 is 2.36 bits per heavy atom. The van der Waals surface area contributed by atoms with Crippen LogP contribution in [0, 0.1) is 0 Å². The SMILES string of the molecule is NCON1C[C@H](O)C[C@H]1CO. The zero-order valence-electron chi connectivity index (χ0n) is 6.31. The van der Waals surface area contributed by atoms with Gasteiger partial charge in [0.15, 0.2) is 0 Å². The van der Waals surface area contributed by atoms with Crippen molar-refractivity contribution in [2.45, 2.75) is 18.6 Å². The predicted octanol–water partition coefficient (Wildman–Crippen LogP) is -1.74. The zero-order chi connectivity index (χ0) is 8.27. The molecule has 1 saturated heterocycles. The van der Waals surface area contributed by atoms with Crippen LogP contribution >= 0.6 is 0 Å². The minimum Gasteiger partial charge on any atom is -0.395 e. The molecule has 66 valence electrons. The van der Waals surface area contributed by atoms with Crippen LogP contribution in [0.2, 0.25) is 0 Å². The smallest absolute Gasteiger partial charge is 0.116 e. The van der Waals surface area contributed by atoms with Crippen LogP contribution in [-0.2, 0) is 4.84 Å². The average Bonchev–Trinajstić information content (AvgIpc) is 2.32. The van der Waals surface area contributed by atoms with Gasteiger partial charge in [0.1, 0.15) is 6.73 Å². The van der Waals surface area contributed by atoms with E-state index in [1.807, 2.05) is 0 Å². The van der Waals surface area contributed by atoms with E-state index in [1.165, 1.54) is 5.06 Å². The van der Waals surface area contributed by atoms with Crippen LogP contribution in [-0.4, -0.2) is 47.3 Å². The third-order valence-electron chi connectivity index (χ3n) is 1.79. The summed E-state index contributed by atoms with van der Waals surface area (Å²) in [7, 11) is 0. The maximum Gasteiger partial charge on any atom is 0.116 e. The molecule has 0 spiro atoms. The van der Waals surface area contributed by atoms with Crippen molar-refractivity contribution >= 4 is 0 Å². The number of hydroxylamine groups is 2. The second kappa shape index (κ2) is 3.99. The van der Waals surface area contributed by atoms with Crippen LogP contribution in [0.5, 0.6) is 0 Å². The van der Waals surface area contributed by atoms with Crippen molar-refractivity contribution < 1.29 is 15.1 Å². The molecule has 0 amide bonds. The molecule has 0 aliphatic carbocycles. The third kappa shape index (κ3) is 2.11. The molecule has 11 heavy (non-hydrogen) atoms. The zero-order valence-corrected chi connectivity index (χ0v) is 6.31. The van der Waals surface area contributed by atoms with Crippen LogP contribution in [0.1, 0.15) is 6.42 Å². The van der Waals surface area contributed by atoms with Crippen molar-refractivity contribution in [1.82, 2.24) is 5.06 Å². The van der Waals surface area contributed by atoms with E-state index >= 15 is 0 Å². The lowest BCUT2D eigenvalue weighted by molar-refractivity contribution is -0.176. The summed E-state index contributed by atoms with van der Waals surface area (Å²) in [6.07, 6.45) is 0.148. The Morgan fingerprint density at radius 3 is 2.91 bits per heavy atom. The van der Waals surface area contributed by atoms with E-state index in [-0.39, 0.29) is 19.4 Å². The molecule has 5 nitrogen and oxygen atoms in total. The van der Waals surface area contributed by atoms with E-state index in [9.17, 15) is 0 Å². The quantitative estimate of drug-likeness (QED) is 0.429. The first-order valence-corrected chi connectivity index (χ1v) is 3.66. The average molecular weight is 162 g/mol. The number of nitrogens with zero attached hydrogens (tertiary/aromatic N) is 1. The van der Waals surface area contributed by atoms with Gasteiger partial charge in [-0.05, 0) is 6.42 Å². The van der Waals surface area contributed by atoms with Gasteiger partial charge in [-0.15, -0.1) is 0 Å². The maximum atomic E-state index is 9.15. The van der Waals surface area contributed by atoms with Gasteiger partial charge in [0.05, 0.1) is 25.3 Å². The lowest BCUT2D eigenvalue weighted by Crippen LogP contribution is -2.34. The van der Waals surface area contributed by atoms with Crippen LogP contribution in [0.4, 0.5) is 0 Å². The first kappa shape index (κ1) is 8.89. The molecule has 0 bridgehead atoms. The van der Waals surface area contributed by atoms with Crippen molar-refractivity contribution in [3.63, 3.8) is 0 Å². The van der Waals surface area contributed by atoms with E-state index in [2.05, 4.69) is 0 Å². The molecule has 0 saturated carbocycles. The van der Waals surface area contributed by atoms with E-state index in [0.29, 0.717) is 13.0 Å². The molecule has 0 unspecified atom stereocenters. The van der Waals surface area contributed by atoms with Gasteiger partial charge < -0.3 is 15.9 Å². The minimum atomic E-state index is -0.404. The Balaban J connectivity index is 2.37. The molecule has 1 aliphatic rings. The molecule has 1 heterocycles. The fourth-order valence-corrected chi connectivity index (χ4v) is 1.28. The first-order valence-electron chi connectivity index (χ1n) is 3.66. The molecule has 0 aromatic rings. The van der Waals surface area contributed by atoms with Crippen LogP contribution in [0.3, 0.4) is 0 Å². The van der Waals surface area contributed by atoms with Crippen molar-refractivity contribution in [2.75, 3.05) is 19.9 Å². The fraction of sp³-hybridized carbons (Fsp3) is 1.00. The molecular formula is C6H14N2O3. The lowest BCUT2D eigenvalue weighted by Gasteiger charge is -2.20. The molecular weight excluding hydrogens is 148 g/mol. The summed E-state index contributed by atoms with van der Waals surface area (Å²) < 4.78 is 0. The maximum absolute atomic E-state index is 9.15. The normalized spacial score (nSPS) is 33.0. The van der Waals surface area contributed by atoms with Crippen molar-refractivity contribution in [1.29, 1.82) is 0 Å². The van der Waals surface area contributed by atoms with Gasteiger partial charge in [0.2, 0.25) is 0 Å². The molecule has 0 radical (unpaired) electrons. The molecule has 5 heteroatoms. The minimum absolute atomic E-state index is 0.00292. The van der Waals surface area contributed by atoms with Gasteiger partial charge in [-0.2, -0.15) is 5.06 Å². The number of hydrogen-bond donors (Lipinski definition) is 3. The molecule has 1 fully saturated rings. The second-order valence-corrected chi connectivity index (χ2v) is 2.62. The second-order valence-electron chi connectivity index (χ2n) is 2.62. The first-order chi connectivity index (χ1) is 5.27. The van der Waals surface area contributed by atoms with Gasteiger partial charge >= 0.3 is 0 Å². The van der Waals surface area contributed by atoms with Crippen LogP contribution in [0.25, 0.3) is 0 Å². The number of rotatable bonds is 3. The standard InChI is InChI=1S/C6H14N2O3/c7-4-11-8-2-6(10)1-5(8)3-9/h5-6,9-10H,1-4,7H2/t5-,6+/m0/s1. The van der Waals surface area contributed by atoms with Gasteiger partial charge in [0, 0.05) is 0 Å². The van der Waals surface area contributed by atoms with Crippen molar-refractivity contribution in [3.05, 3.63) is 0 Å². The number of aliphatic hydroxyl groups is 2.